The molecular weight excluding hydrogens is 372 g/mol. The number of hydrogen-bond acceptors (Lipinski definition) is 7. The standard InChI is InChI=1S/C14H11BrN2O4S/c1-2-19-14(18)13-17-16-12(22-13)4-3-8-5-10-11(6-9(8)15)21-7-20-10/h3-6H,2,7H2,1H3/b4-3+. The summed E-state index contributed by atoms with van der Waals surface area (Å²) in [4.78, 5) is 11.5. The van der Waals surface area contributed by atoms with Gasteiger partial charge in [0.15, 0.2) is 11.5 Å². The number of fused-ring (bicyclic) bond motifs is 1. The van der Waals surface area contributed by atoms with Crippen molar-refractivity contribution >= 4 is 45.4 Å². The molecule has 3 rings (SSSR count). The Morgan fingerprint density at radius 1 is 1.36 bits per heavy atom. The van der Waals surface area contributed by atoms with Gasteiger partial charge in [-0.05, 0) is 30.7 Å². The zero-order valence-corrected chi connectivity index (χ0v) is 13.9. The molecule has 0 unspecified atom stereocenters. The fourth-order valence-electron chi connectivity index (χ4n) is 1.80. The number of ether oxygens (including phenoxy) is 3. The second-order valence-electron chi connectivity index (χ2n) is 4.23. The average molecular weight is 383 g/mol. The first kappa shape index (κ1) is 15.0. The molecule has 0 bridgehead atoms. The van der Waals surface area contributed by atoms with Crippen molar-refractivity contribution in [2.24, 2.45) is 0 Å². The van der Waals surface area contributed by atoms with Crippen LogP contribution in [0.1, 0.15) is 27.3 Å². The summed E-state index contributed by atoms with van der Waals surface area (Å²) >= 11 is 4.66. The van der Waals surface area contributed by atoms with E-state index in [1.54, 1.807) is 13.0 Å². The van der Waals surface area contributed by atoms with E-state index in [2.05, 4.69) is 26.1 Å². The van der Waals surface area contributed by atoms with Crippen LogP contribution in [-0.4, -0.2) is 29.6 Å². The Hall–Kier alpha value is -1.93. The molecule has 22 heavy (non-hydrogen) atoms. The average Bonchev–Trinajstić information content (AvgIpc) is 3.13. The smallest absolute Gasteiger partial charge is 0.369 e. The van der Waals surface area contributed by atoms with Gasteiger partial charge in [0.05, 0.1) is 6.61 Å². The second-order valence-corrected chi connectivity index (χ2v) is 6.09. The number of esters is 1. The van der Waals surface area contributed by atoms with Crippen molar-refractivity contribution in [3.05, 3.63) is 32.2 Å². The second kappa shape index (κ2) is 6.45. The van der Waals surface area contributed by atoms with E-state index >= 15 is 0 Å². The number of aromatic nitrogens is 2. The van der Waals surface area contributed by atoms with Crippen LogP contribution in [0.25, 0.3) is 12.2 Å². The summed E-state index contributed by atoms with van der Waals surface area (Å²) in [5.41, 5.74) is 0.914. The van der Waals surface area contributed by atoms with Gasteiger partial charge in [0.1, 0.15) is 5.01 Å². The van der Waals surface area contributed by atoms with E-state index in [4.69, 9.17) is 14.2 Å². The first-order chi connectivity index (χ1) is 10.7. The van der Waals surface area contributed by atoms with Gasteiger partial charge in [0, 0.05) is 4.47 Å². The minimum absolute atomic E-state index is 0.230. The van der Waals surface area contributed by atoms with Gasteiger partial charge < -0.3 is 14.2 Å². The van der Waals surface area contributed by atoms with Gasteiger partial charge in [-0.1, -0.05) is 33.3 Å². The van der Waals surface area contributed by atoms with Crippen molar-refractivity contribution < 1.29 is 19.0 Å². The molecule has 2 heterocycles. The van der Waals surface area contributed by atoms with Crippen molar-refractivity contribution in [2.75, 3.05) is 13.4 Å². The van der Waals surface area contributed by atoms with Gasteiger partial charge in [-0.2, -0.15) is 0 Å². The molecule has 0 amide bonds. The highest BCUT2D eigenvalue weighted by atomic mass is 79.9. The molecule has 8 heteroatoms. The predicted octanol–water partition coefficient (Wildman–Crippen LogP) is 3.38. The molecule has 0 saturated carbocycles. The molecule has 0 N–H and O–H groups in total. The number of rotatable bonds is 4. The van der Waals surface area contributed by atoms with Gasteiger partial charge in [-0.25, -0.2) is 4.79 Å². The Morgan fingerprint density at radius 3 is 2.91 bits per heavy atom. The van der Waals surface area contributed by atoms with Gasteiger partial charge in [-0.15, -0.1) is 10.2 Å². The summed E-state index contributed by atoms with van der Waals surface area (Å²) in [5.74, 6) is 0.959. The number of nitrogens with zero attached hydrogens (tertiary/aromatic N) is 2. The largest absolute Gasteiger partial charge is 0.461 e. The first-order valence-electron chi connectivity index (χ1n) is 6.45. The molecular formula is C14H11BrN2O4S. The number of hydrogen-bond donors (Lipinski definition) is 0. The van der Waals surface area contributed by atoms with Gasteiger partial charge in [0.2, 0.25) is 11.8 Å². The number of halogens is 1. The Bertz CT molecular complexity index is 744. The maximum atomic E-state index is 11.5. The van der Waals surface area contributed by atoms with E-state index < -0.39 is 5.97 Å². The molecule has 0 atom stereocenters. The van der Waals surface area contributed by atoms with E-state index in [9.17, 15) is 4.79 Å². The molecule has 1 aliphatic heterocycles. The Kier molecular flexibility index (Phi) is 4.39. The van der Waals surface area contributed by atoms with Crippen LogP contribution in [0.2, 0.25) is 0 Å². The van der Waals surface area contributed by atoms with Crippen molar-refractivity contribution in [1.82, 2.24) is 10.2 Å². The SMILES string of the molecule is CCOC(=O)c1nnc(/C=C/c2cc3c(cc2Br)OCO3)s1. The monoisotopic (exact) mass is 382 g/mol. The van der Waals surface area contributed by atoms with Crippen LogP contribution in [0.5, 0.6) is 11.5 Å². The van der Waals surface area contributed by atoms with Crippen molar-refractivity contribution in [3.63, 3.8) is 0 Å². The highest BCUT2D eigenvalue weighted by molar-refractivity contribution is 9.10. The molecule has 1 aliphatic rings. The van der Waals surface area contributed by atoms with Crippen LogP contribution in [-0.2, 0) is 4.74 Å². The number of carbonyl (C=O) groups is 1. The van der Waals surface area contributed by atoms with E-state index in [0.717, 1.165) is 10.0 Å². The normalized spacial score (nSPS) is 12.8. The maximum Gasteiger partial charge on any atom is 0.369 e. The van der Waals surface area contributed by atoms with Crippen LogP contribution >= 0.6 is 27.3 Å². The molecule has 0 fully saturated rings. The third-order valence-electron chi connectivity index (χ3n) is 2.79. The Labute approximate surface area is 138 Å². The summed E-state index contributed by atoms with van der Waals surface area (Å²) < 4.78 is 16.4. The van der Waals surface area contributed by atoms with E-state index in [1.807, 2.05) is 18.2 Å². The molecule has 6 nitrogen and oxygen atoms in total. The lowest BCUT2D eigenvalue weighted by Crippen LogP contribution is -2.03. The Morgan fingerprint density at radius 2 is 2.14 bits per heavy atom. The third-order valence-corrected chi connectivity index (χ3v) is 4.34. The predicted molar refractivity (Wildman–Crippen MR) is 85.1 cm³/mol. The highest BCUT2D eigenvalue weighted by Crippen LogP contribution is 2.37. The number of benzene rings is 1. The van der Waals surface area contributed by atoms with Gasteiger partial charge in [-0.3, -0.25) is 0 Å². The quantitative estimate of drug-likeness (QED) is 0.754. The minimum atomic E-state index is -0.455. The zero-order valence-electron chi connectivity index (χ0n) is 11.5. The fourth-order valence-corrected chi connectivity index (χ4v) is 2.89. The van der Waals surface area contributed by atoms with Crippen molar-refractivity contribution in [3.8, 4) is 11.5 Å². The van der Waals surface area contributed by atoms with E-state index in [-0.39, 0.29) is 11.8 Å². The Balaban J connectivity index is 1.78. The van der Waals surface area contributed by atoms with Crippen LogP contribution < -0.4 is 9.47 Å². The van der Waals surface area contributed by atoms with Gasteiger partial charge in [0.25, 0.3) is 0 Å². The summed E-state index contributed by atoms with van der Waals surface area (Å²) in [6, 6.07) is 3.72. The van der Waals surface area contributed by atoms with Gasteiger partial charge >= 0.3 is 5.97 Å². The lowest BCUT2D eigenvalue weighted by Gasteiger charge is -2.01. The number of carbonyl (C=O) groups excluding carboxylic acids is 1. The summed E-state index contributed by atoms with van der Waals surface area (Å²) in [6.07, 6.45) is 3.64. The van der Waals surface area contributed by atoms with E-state index in [0.29, 0.717) is 23.1 Å². The van der Waals surface area contributed by atoms with Crippen molar-refractivity contribution in [1.29, 1.82) is 0 Å². The highest BCUT2D eigenvalue weighted by Gasteiger charge is 2.16. The van der Waals surface area contributed by atoms with Crippen LogP contribution in [0, 0.1) is 0 Å². The van der Waals surface area contributed by atoms with Crippen molar-refractivity contribution in [2.45, 2.75) is 6.92 Å². The van der Waals surface area contributed by atoms with Crippen LogP contribution in [0.3, 0.4) is 0 Å². The van der Waals surface area contributed by atoms with Crippen LogP contribution in [0.15, 0.2) is 16.6 Å². The molecule has 0 aliphatic carbocycles. The molecule has 2 aromatic rings. The molecule has 1 aromatic heterocycles. The summed E-state index contributed by atoms with van der Waals surface area (Å²) in [6.45, 7) is 2.29. The molecule has 1 aromatic carbocycles. The lowest BCUT2D eigenvalue weighted by atomic mass is 10.2. The van der Waals surface area contributed by atoms with E-state index in [1.165, 1.54) is 11.3 Å². The molecule has 0 spiro atoms. The first-order valence-corrected chi connectivity index (χ1v) is 8.06. The third kappa shape index (κ3) is 3.12. The topological polar surface area (TPSA) is 70.5 Å². The minimum Gasteiger partial charge on any atom is -0.461 e. The maximum absolute atomic E-state index is 11.5. The summed E-state index contributed by atoms with van der Waals surface area (Å²) in [5, 5.41) is 8.62. The zero-order chi connectivity index (χ0) is 15.5. The summed E-state index contributed by atoms with van der Waals surface area (Å²) in [7, 11) is 0. The fraction of sp³-hybridized carbons (Fsp3) is 0.214. The lowest BCUT2D eigenvalue weighted by molar-refractivity contribution is 0.0525. The molecule has 114 valence electrons. The molecule has 0 saturated heterocycles. The van der Waals surface area contributed by atoms with Crippen LogP contribution in [0.4, 0.5) is 0 Å². The molecule has 0 radical (unpaired) electrons.